The summed E-state index contributed by atoms with van der Waals surface area (Å²) in [5.74, 6) is -0.244. The molecule has 1 aromatic carbocycles. The molecular weight excluding hydrogens is 483 g/mol. The maximum Gasteiger partial charge on any atom is 0.138 e. The van der Waals surface area contributed by atoms with E-state index in [1.54, 1.807) is 18.5 Å². The zero-order chi connectivity index (χ0) is 26.2. The number of hydrogen-bond donors (Lipinski definition) is 4. The number of aromatic hydroxyl groups is 1. The number of pyridine rings is 3. The molecule has 10 heteroatoms. The summed E-state index contributed by atoms with van der Waals surface area (Å²) in [7, 11) is 4.00. The molecule has 0 aliphatic rings. The van der Waals surface area contributed by atoms with Crippen LogP contribution in [-0.4, -0.2) is 67.3 Å². The number of hydrogen-bond acceptors (Lipinski definition) is 7. The van der Waals surface area contributed by atoms with Crippen molar-refractivity contribution >= 4 is 27.8 Å². The molecule has 0 radical (unpaired) electrons. The molecule has 0 fully saturated rings. The predicted octanol–water partition coefficient (Wildman–Crippen LogP) is 5.05. The number of nitrogens with zero attached hydrogens (tertiary/aromatic N) is 5. The zero-order valence-corrected chi connectivity index (χ0v) is 20.8. The molecule has 6 rings (SSSR count). The molecule has 4 N–H and O–H groups in total. The highest BCUT2D eigenvalue weighted by Gasteiger charge is 2.17. The van der Waals surface area contributed by atoms with Crippen molar-refractivity contribution in [3.63, 3.8) is 0 Å². The van der Waals surface area contributed by atoms with Crippen molar-refractivity contribution in [2.45, 2.75) is 0 Å². The number of benzene rings is 1. The van der Waals surface area contributed by atoms with Gasteiger partial charge in [0.2, 0.25) is 0 Å². The van der Waals surface area contributed by atoms with Crippen LogP contribution in [0.4, 0.5) is 10.1 Å². The lowest BCUT2D eigenvalue weighted by atomic mass is 10.0. The van der Waals surface area contributed by atoms with Crippen LogP contribution in [0.1, 0.15) is 0 Å². The third kappa shape index (κ3) is 4.53. The zero-order valence-electron chi connectivity index (χ0n) is 20.8. The smallest absolute Gasteiger partial charge is 0.138 e. The van der Waals surface area contributed by atoms with Crippen LogP contribution >= 0.6 is 0 Å². The van der Waals surface area contributed by atoms with Crippen molar-refractivity contribution in [1.82, 2.24) is 35.0 Å². The van der Waals surface area contributed by atoms with Crippen LogP contribution in [0.5, 0.6) is 5.75 Å². The molecule has 0 atom stereocenters. The number of likely N-dealkylation sites (N-methyl/N-ethyl adjacent to an activating group) is 1. The van der Waals surface area contributed by atoms with Gasteiger partial charge in [0.05, 0.1) is 23.1 Å². The van der Waals surface area contributed by atoms with Crippen molar-refractivity contribution in [2.75, 3.05) is 32.5 Å². The molecular formula is C28H25FN8O. The molecule has 9 nitrogen and oxygen atoms in total. The largest absolute Gasteiger partial charge is 0.506 e. The summed E-state index contributed by atoms with van der Waals surface area (Å²) < 4.78 is 14.6. The van der Waals surface area contributed by atoms with Gasteiger partial charge in [0.1, 0.15) is 28.4 Å². The Bertz CT molecular complexity index is 1770. The van der Waals surface area contributed by atoms with Crippen molar-refractivity contribution < 1.29 is 9.50 Å². The molecule has 0 amide bonds. The van der Waals surface area contributed by atoms with E-state index in [-0.39, 0.29) is 11.6 Å². The topological polar surface area (TPSA) is 119 Å². The van der Waals surface area contributed by atoms with Gasteiger partial charge >= 0.3 is 0 Å². The number of anilines is 1. The van der Waals surface area contributed by atoms with E-state index < -0.39 is 0 Å². The first kappa shape index (κ1) is 23.6. The van der Waals surface area contributed by atoms with E-state index in [2.05, 4.69) is 35.4 Å². The minimum absolute atomic E-state index is 0.0689. The van der Waals surface area contributed by atoms with Crippen LogP contribution in [-0.2, 0) is 0 Å². The van der Waals surface area contributed by atoms with Gasteiger partial charge in [-0.1, -0.05) is 0 Å². The number of rotatable bonds is 7. The highest BCUT2D eigenvalue weighted by atomic mass is 19.1. The van der Waals surface area contributed by atoms with Crippen molar-refractivity contribution in [3.8, 4) is 39.5 Å². The fourth-order valence-electron chi connectivity index (χ4n) is 4.49. The van der Waals surface area contributed by atoms with Crippen molar-refractivity contribution in [1.29, 1.82) is 0 Å². The summed E-state index contributed by atoms with van der Waals surface area (Å²) in [6.07, 6.45) is 4.73. The lowest BCUT2D eigenvalue weighted by Gasteiger charge is -2.13. The molecule has 38 heavy (non-hydrogen) atoms. The molecule has 5 heterocycles. The third-order valence-electron chi connectivity index (χ3n) is 6.31. The van der Waals surface area contributed by atoms with Gasteiger partial charge in [-0.2, -0.15) is 5.10 Å². The maximum atomic E-state index is 14.6. The van der Waals surface area contributed by atoms with Gasteiger partial charge in [0.25, 0.3) is 0 Å². The van der Waals surface area contributed by atoms with Crippen LogP contribution < -0.4 is 5.32 Å². The van der Waals surface area contributed by atoms with E-state index in [1.165, 1.54) is 18.3 Å². The fourth-order valence-corrected chi connectivity index (χ4v) is 4.49. The van der Waals surface area contributed by atoms with Gasteiger partial charge in [-0.3, -0.25) is 10.1 Å². The predicted molar refractivity (Wildman–Crippen MR) is 146 cm³/mol. The molecule has 5 aromatic heterocycles. The molecule has 0 aliphatic carbocycles. The summed E-state index contributed by atoms with van der Waals surface area (Å²) in [5, 5.41) is 21.5. The number of aromatic nitrogens is 6. The van der Waals surface area contributed by atoms with Crippen LogP contribution in [0.25, 0.3) is 55.8 Å². The van der Waals surface area contributed by atoms with E-state index in [0.29, 0.717) is 34.7 Å². The summed E-state index contributed by atoms with van der Waals surface area (Å²) in [6, 6.07) is 14.2. The quantitative estimate of drug-likeness (QED) is 0.238. The minimum Gasteiger partial charge on any atom is -0.506 e. The second-order valence-corrected chi connectivity index (χ2v) is 9.36. The van der Waals surface area contributed by atoms with Crippen LogP contribution in [0, 0.1) is 5.82 Å². The Morgan fingerprint density at radius 1 is 1.03 bits per heavy atom. The fraction of sp³-hybridized carbons (Fsp3) is 0.143. The van der Waals surface area contributed by atoms with E-state index in [9.17, 15) is 9.50 Å². The standard InChI is InChI=1S/C28H25FN8O/c1-37(2)8-7-31-19-10-16(9-18(29)12-19)21-5-6-32-28-22(21)13-25(34-28)27-26-24(35-36-27)4-3-23(33-26)17-11-20(38)15-30-14-17/h3-6,9-15,31,38H,7-8H2,1-2H3,(H,32,34)(H,35,36). The minimum atomic E-state index is -0.313. The molecule has 0 aliphatic heterocycles. The highest BCUT2D eigenvalue weighted by molar-refractivity contribution is 5.99. The first-order chi connectivity index (χ1) is 18.4. The molecule has 0 bridgehead atoms. The SMILES string of the molecule is CN(C)CCNc1cc(F)cc(-c2ccnc3[nH]c(-c4n[nH]c5ccc(-c6cncc(O)c6)nc45)cc23)c1. The Kier molecular flexibility index (Phi) is 5.93. The van der Waals surface area contributed by atoms with E-state index in [1.807, 2.05) is 44.4 Å². The summed E-state index contributed by atoms with van der Waals surface area (Å²) >= 11 is 0. The summed E-state index contributed by atoms with van der Waals surface area (Å²) in [4.78, 5) is 18.8. The Labute approximate surface area is 217 Å². The number of aromatic amines is 2. The summed E-state index contributed by atoms with van der Waals surface area (Å²) in [6.45, 7) is 1.54. The van der Waals surface area contributed by atoms with Gasteiger partial charge in [0, 0.05) is 42.1 Å². The number of fused-ring (bicyclic) bond motifs is 2. The van der Waals surface area contributed by atoms with Crippen molar-refractivity contribution in [2.24, 2.45) is 0 Å². The monoisotopic (exact) mass is 508 g/mol. The van der Waals surface area contributed by atoms with Crippen LogP contribution in [0.2, 0.25) is 0 Å². The van der Waals surface area contributed by atoms with Gasteiger partial charge in [-0.15, -0.1) is 0 Å². The number of halogens is 1. The maximum absolute atomic E-state index is 14.6. The Hall–Kier alpha value is -4.83. The summed E-state index contributed by atoms with van der Waals surface area (Å²) in [5.41, 5.74) is 7.13. The second-order valence-electron chi connectivity index (χ2n) is 9.36. The molecule has 0 saturated heterocycles. The average molecular weight is 509 g/mol. The molecule has 190 valence electrons. The van der Waals surface area contributed by atoms with Gasteiger partial charge < -0.3 is 20.3 Å². The Morgan fingerprint density at radius 3 is 2.76 bits per heavy atom. The Balaban J connectivity index is 1.40. The first-order valence-electron chi connectivity index (χ1n) is 12.1. The average Bonchev–Trinajstić information content (AvgIpc) is 3.51. The number of nitrogens with one attached hydrogen (secondary N) is 3. The number of H-pyrrole nitrogens is 2. The van der Waals surface area contributed by atoms with Crippen LogP contribution in [0.15, 0.2) is 67.1 Å². The molecule has 0 spiro atoms. The normalized spacial score (nSPS) is 11.6. The van der Waals surface area contributed by atoms with Crippen molar-refractivity contribution in [3.05, 3.63) is 72.9 Å². The van der Waals surface area contributed by atoms with E-state index >= 15 is 0 Å². The van der Waals surface area contributed by atoms with Gasteiger partial charge in [-0.05, 0) is 73.8 Å². The first-order valence-corrected chi connectivity index (χ1v) is 12.1. The second kappa shape index (κ2) is 9.56. The third-order valence-corrected chi connectivity index (χ3v) is 6.31. The molecule has 0 saturated carbocycles. The lowest BCUT2D eigenvalue weighted by molar-refractivity contribution is 0.425. The van der Waals surface area contributed by atoms with E-state index in [0.717, 1.165) is 40.0 Å². The molecule has 0 unspecified atom stereocenters. The van der Waals surface area contributed by atoms with Gasteiger partial charge in [-0.25, -0.2) is 14.4 Å². The van der Waals surface area contributed by atoms with E-state index in [4.69, 9.17) is 4.98 Å². The van der Waals surface area contributed by atoms with Crippen LogP contribution in [0.3, 0.4) is 0 Å². The lowest BCUT2D eigenvalue weighted by Crippen LogP contribution is -2.20. The molecule has 6 aromatic rings. The van der Waals surface area contributed by atoms with Gasteiger partial charge in [0.15, 0.2) is 0 Å². The Morgan fingerprint density at radius 2 is 1.92 bits per heavy atom. The highest BCUT2D eigenvalue weighted by Crippen LogP contribution is 2.34.